The zero-order valence-electron chi connectivity index (χ0n) is 11.2. The van der Waals surface area contributed by atoms with Crippen LogP contribution in [0, 0.1) is 27.3 Å². The number of nitro groups is 1. The second-order valence-corrected chi connectivity index (χ2v) is 5.46. The maximum absolute atomic E-state index is 14.1. The summed E-state index contributed by atoms with van der Waals surface area (Å²) in [6.45, 7) is 1.96. The molecule has 0 bridgehead atoms. The lowest BCUT2D eigenvalue weighted by Gasteiger charge is -2.05. The van der Waals surface area contributed by atoms with Crippen LogP contribution in [0.15, 0.2) is 18.2 Å². The molecule has 0 aliphatic carbocycles. The van der Waals surface area contributed by atoms with Gasteiger partial charge in [0.15, 0.2) is 0 Å². The van der Waals surface area contributed by atoms with Crippen molar-refractivity contribution in [2.24, 2.45) is 0 Å². The Kier molecular flexibility index (Phi) is 4.19. The van der Waals surface area contributed by atoms with Gasteiger partial charge >= 0.3 is 0 Å². The van der Waals surface area contributed by atoms with Gasteiger partial charge in [0.05, 0.1) is 16.7 Å². The Morgan fingerprint density at radius 3 is 2.76 bits per heavy atom. The lowest BCUT2D eigenvalue weighted by Crippen LogP contribution is -1.95. The first-order valence-electron chi connectivity index (χ1n) is 6.25. The van der Waals surface area contributed by atoms with Gasteiger partial charge in [0.25, 0.3) is 5.69 Å². The molecule has 0 spiro atoms. The van der Waals surface area contributed by atoms with Crippen molar-refractivity contribution in [3.63, 3.8) is 0 Å². The quantitative estimate of drug-likeness (QED) is 0.685. The molecule has 1 heterocycles. The molecule has 5 nitrogen and oxygen atoms in total. The monoisotopic (exact) mass is 305 g/mol. The molecule has 0 fully saturated rings. The summed E-state index contributed by atoms with van der Waals surface area (Å²) in [5.41, 5.74) is 6.96. The number of nitrogens with zero attached hydrogens (tertiary/aromatic N) is 2. The van der Waals surface area contributed by atoms with E-state index in [2.05, 4.69) is 0 Å². The molecule has 0 saturated carbocycles. The van der Waals surface area contributed by atoms with Crippen molar-refractivity contribution in [1.29, 1.82) is 5.26 Å². The highest BCUT2D eigenvalue weighted by Crippen LogP contribution is 2.40. The van der Waals surface area contributed by atoms with Gasteiger partial charge in [-0.3, -0.25) is 10.1 Å². The normalized spacial score (nSPS) is 10.3. The van der Waals surface area contributed by atoms with Gasteiger partial charge in [-0.05, 0) is 18.1 Å². The van der Waals surface area contributed by atoms with E-state index in [9.17, 15) is 14.5 Å². The fourth-order valence-corrected chi connectivity index (χ4v) is 3.17. The molecule has 2 rings (SSSR count). The van der Waals surface area contributed by atoms with Crippen molar-refractivity contribution in [2.75, 3.05) is 5.73 Å². The summed E-state index contributed by atoms with van der Waals surface area (Å²) < 4.78 is 14.1. The molecule has 0 aliphatic heterocycles. The largest absolute Gasteiger partial charge is 0.397 e. The Hall–Kier alpha value is -2.46. The van der Waals surface area contributed by atoms with Crippen LogP contribution in [0.1, 0.15) is 23.8 Å². The van der Waals surface area contributed by atoms with Crippen LogP contribution in [0.2, 0.25) is 0 Å². The summed E-state index contributed by atoms with van der Waals surface area (Å²) in [4.78, 5) is 10.9. The highest BCUT2D eigenvalue weighted by atomic mass is 32.1. The molecule has 0 radical (unpaired) electrons. The number of nitrogen functional groups attached to an aromatic ring is 1. The fourth-order valence-electron chi connectivity index (χ4n) is 2.08. The lowest BCUT2D eigenvalue weighted by molar-refractivity contribution is -0.385. The summed E-state index contributed by atoms with van der Waals surface area (Å²) in [5.74, 6) is -0.688. The van der Waals surface area contributed by atoms with E-state index in [4.69, 9.17) is 11.0 Å². The van der Waals surface area contributed by atoms with Gasteiger partial charge in [0.2, 0.25) is 0 Å². The molecule has 2 aromatic rings. The molecular formula is C14H12FN3O2S. The number of halogens is 1. The highest BCUT2D eigenvalue weighted by molar-refractivity contribution is 7.16. The number of nitro benzene ring substituents is 1. The molecule has 0 atom stereocenters. The van der Waals surface area contributed by atoms with Gasteiger partial charge in [-0.25, -0.2) is 4.39 Å². The number of non-ortho nitro benzene ring substituents is 1. The number of anilines is 1. The van der Waals surface area contributed by atoms with Gasteiger partial charge in [-0.1, -0.05) is 13.3 Å². The molecule has 7 heteroatoms. The number of hydrogen-bond donors (Lipinski definition) is 1. The molecule has 1 aromatic carbocycles. The molecule has 2 N–H and O–H groups in total. The first kappa shape index (κ1) is 14.9. The minimum absolute atomic E-state index is 0.238. The third-order valence-electron chi connectivity index (χ3n) is 3.06. The third kappa shape index (κ3) is 2.71. The highest BCUT2D eigenvalue weighted by Gasteiger charge is 2.20. The zero-order chi connectivity index (χ0) is 15.6. The predicted octanol–water partition coefficient (Wildman–Crippen LogP) is 3.87. The predicted molar refractivity (Wildman–Crippen MR) is 79.5 cm³/mol. The molecule has 0 aliphatic rings. The van der Waals surface area contributed by atoms with Crippen LogP contribution in [0.25, 0.3) is 10.4 Å². The number of thiophene rings is 1. The first-order valence-corrected chi connectivity index (χ1v) is 7.06. The van der Waals surface area contributed by atoms with Crippen LogP contribution in [0.4, 0.5) is 15.8 Å². The Balaban J connectivity index is 2.61. The smallest absolute Gasteiger partial charge is 0.272 e. The van der Waals surface area contributed by atoms with E-state index >= 15 is 0 Å². The maximum Gasteiger partial charge on any atom is 0.272 e. The van der Waals surface area contributed by atoms with Crippen molar-refractivity contribution in [3.05, 3.63) is 44.6 Å². The van der Waals surface area contributed by atoms with Crippen molar-refractivity contribution in [3.8, 4) is 16.5 Å². The van der Waals surface area contributed by atoms with Gasteiger partial charge in [-0.15, -0.1) is 11.3 Å². The summed E-state index contributed by atoms with van der Waals surface area (Å²) >= 11 is 1.11. The van der Waals surface area contributed by atoms with E-state index in [1.807, 2.05) is 13.0 Å². The van der Waals surface area contributed by atoms with E-state index in [-0.39, 0.29) is 11.3 Å². The summed E-state index contributed by atoms with van der Waals surface area (Å²) in [6.07, 6.45) is 1.42. The van der Waals surface area contributed by atoms with Gasteiger partial charge < -0.3 is 5.73 Å². The van der Waals surface area contributed by atoms with Crippen LogP contribution >= 0.6 is 11.3 Å². The number of rotatable bonds is 4. The topological polar surface area (TPSA) is 93.0 Å². The number of nitriles is 1. The molecule has 108 valence electrons. The van der Waals surface area contributed by atoms with Crippen molar-refractivity contribution >= 4 is 22.7 Å². The Bertz CT molecular complexity index is 749. The fraction of sp³-hybridized carbons (Fsp3) is 0.214. The third-order valence-corrected chi connectivity index (χ3v) is 4.24. The second kappa shape index (κ2) is 5.89. The van der Waals surface area contributed by atoms with E-state index < -0.39 is 10.7 Å². The van der Waals surface area contributed by atoms with E-state index in [0.717, 1.165) is 29.4 Å². The maximum atomic E-state index is 14.1. The summed E-state index contributed by atoms with van der Waals surface area (Å²) in [6, 6.07) is 5.48. The zero-order valence-corrected chi connectivity index (χ0v) is 12.0. The number of benzene rings is 1. The standard InChI is InChI=1S/C14H12FN3O2S/c1-2-3-10-13(17)12(7-16)21-14(10)9-5-4-8(18(19)20)6-11(9)15/h4-6H,2-3,17H2,1H3. The van der Waals surface area contributed by atoms with Gasteiger partial charge in [0, 0.05) is 16.5 Å². The SMILES string of the molecule is CCCc1c(-c2ccc([N+](=O)[O-])cc2F)sc(C#N)c1N. The number of hydrogen-bond acceptors (Lipinski definition) is 5. The molecule has 21 heavy (non-hydrogen) atoms. The van der Waals surface area contributed by atoms with E-state index in [1.54, 1.807) is 0 Å². The summed E-state index contributed by atoms with van der Waals surface area (Å²) in [7, 11) is 0. The number of nitrogens with two attached hydrogens (primary N) is 1. The molecule has 0 amide bonds. The molecule has 0 unspecified atom stereocenters. The molecular weight excluding hydrogens is 293 g/mol. The summed E-state index contributed by atoms with van der Waals surface area (Å²) in [5, 5.41) is 19.7. The van der Waals surface area contributed by atoms with E-state index in [0.29, 0.717) is 21.9 Å². The van der Waals surface area contributed by atoms with Crippen LogP contribution in [0.3, 0.4) is 0 Å². The van der Waals surface area contributed by atoms with Crippen LogP contribution in [-0.2, 0) is 6.42 Å². The van der Waals surface area contributed by atoms with E-state index in [1.165, 1.54) is 12.1 Å². The lowest BCUT2D eigenvalue weighted by atomic mass is 10.0. The first-order chi connectivity index (χ1) is 9.99. The minimum atomic E-state index is -0.688. The Morgan fingerprint density at radius 2 is 2.24 bits per heavy atom. The Morgan fingerprint density at radius 1 is 1.52 bits per heavy atom. The average molecular weight is 305 g/mol. The Labute approximate surface area is 124 Å². The van der Waals surface area contributed by atoms with Crippen LogP contribution in [-0.4, -0.2) is 4.92 Å². The minimum Gasteiger partial charge on any atom is -0.397 e. The molecule has 0 saturated heterocycles. The van der Waals surface area contributed by atoms with Crippen molar-refractivity contribution in [2.45, 2.75) is 19.8 Å². The van der Waals surface area contributed by atoms with Crippen molar-refractivity contribution < 1.29 is 9.31 Å². The second-order valence-electron chi connectivity index (χ2n) is 4.44. The van der Waals surface area contributed by atoms with Gasteiger partial charge in [0.1, 0.15) is 16.8 Å². The van der Waals surface area contributed by atoms with Crippen LogP contribution < -0.4 is 5.73 Å². The average Bonchev–Trinajstić information content (AvgIpc) is 2.76. The van der Waals surface area contributed by atoms with Crippen LogP contribution in [0.5, 0.6) is 0 Å². The van der Waals surface area contributed by atoms with Crippen molar-refractivity contribution in [1.82, 2.24) is 0 Å². The van der Waals surface area contributed by atoms with Gasteiger partial charge in [-0.2, -0.15) is 5.26 Å². The molecule has 1 aromatic heterocycles.